The Labute approximate surface area is 133 Å². The minimum atomic E-state index is -3.62. The smallest absolute Gasteiger partial charge is 0.335 e. The SMILES string of the molecule is CC1CCCN(S(=O)(=O)c2ccc(C(=O)O)cc2Br)C1C. The first-order chi connectivity index (χ1) is 9.75. The summed E-state index contributed by atoms with van der Waals surface area (Å²) in [7, 11) is -3.62. The molecule has 1 N–H and O–H groups in total. The van der Waals surface area contributed by atoms with Crippen molar-refractivity contribution >= 4 is 31.9 Å². The van der Waals surface area contributed by atoms with Gasteiger partial charge in [0.05, 0.1) is 10.5 Å². The van der Waals surface area contributed by atoms with Crippen LogP contribution in [0.15, 0.2) is 27.6 Å². The van der Waals surface area contributed by atoms with E-state index in [9.17, 15) is 13.2 Å². The molecule has 1 heterocycles. The monoisotopic (exact) mass is 375 g/mol. The van der Waals surface area contributed by atoms with E-state index in [0.29, 0.717) is 12.5 Å². The molecule has 2 rings (SSSR count). The predicted molar refractivity (Wildman–Crippen MR) is 82.9 cm³/mol. The molecule has 1 aromatic rings. The van der Waals surface area contributed by atoms with Gasteiger partial charge in [-0.3, -0.25) is 0 Å². The molecule has 2 unspecified atom stereocenters. The van der Waals surface area contributed by atoms with Crippen molar-refractivity contribution < 1.29 is 18.3 Å². The summed E-state index contributed by atoms with van der Waals surface area (Å²) in [5.74, 6) is -0.773. The maximum absolute atomic E-state index is 12.8. The Morgan fingerprint density at radius 2 is 2.05 bits per heavy atom. The number of halogens is 1. The molecule has 1 aliphatic heterocycles. The second kappa shape index (κ2) is 6.06. The van der Waals surface area contributed by atoms with Crippen molar-refractivity contribution in [1.82, 2.24) is 4.31 Å². The zero-order valence-corrected chi connectivity index (χ0v) is 14.3. The summed E-state index contributed by atoms with van der Waals surface area (Å²) in [6.07, 6.45) is 1.86. The lowest BCUT2D eigenvalue weighted by Gasteiger charge is -2.36. The number of sulfonamides is 1. The number of rotatable bonds is 3. The summed E-state index contributed by atoms with van der Waals surface area (Å²) in [6, 6.07) is 3.94. The molecule has 0 saturated carbocycles. The summed E-state index contributed by atoms with van der Waals surface area (Å²) in [6.45, 7) is 4.47. The van der Waals surface area contributed by atoms with Gasteiger partial charge in [-0.15, -0.1) is 0 Å². The Morgan fingerprint density at radius 1 is 1.38 bits per heavy atom. The molecule has 0 amide bonds. The van der Waals surface area contributed by atoms with E-state index in [1.54, 1.807) is 0 Å². The second-order valence-corrected chi connectivity index (χ2v) is 8.14. The van der Waals surface area contributed by atoms with Crippen molar-refractivity contribution in [2.75, 3.05) is 6.54 Å². The average molecular weight is 376 g/mol. The molecule has 5 nitrogen and oxygen atoms in total. The second-order valence-electron chi connectivity index (χ2n) is 5.43. The van der Waals surface area contributed by atoms with Crippen molar-refractivity contribution in [2.24, 2.45) is 5.92 Å². The van der Waals surface area contributed by atoms with E-state index < -0.39 is 16.0 Å². The lowest BCUT2D eigenvalue weighted by atomic mass is 9.94. The first-order valence-corrected chi connectivity index (χ1v) is 9.03. The summed E-state index contributed by atoms with van der Waals surface area (Å²) in [4.78, 5) is 11.0. The van der Waals surface area contributed by atoms with Crippen LogP contribution in [0, 0.1) is 5.92 Å². The van der Waals surface area contributed by atoms with Crippen LogP contribution in [0.5, 0.6) is 0 Å². The van der Waals surface area contributed by atoms with Gasteiger partial charge >= 0.3 is 5.97 Å². The zero-order valence-electron chi connectivity index (χ0n) is 11.9. The van der Waals surface area contributed by atoms with Gasteiger partial charge < -0.3 is 5.11 Å². The quantitative estimate of drug-likeness (QED) is 0.880. The minimum absolute atomic E-state index is 0.0564. The van der Waals surface area contributed by atoms with Crippen LogP contribution in [0.25, 0.3) is 0 Å². The largest absolute Gasteiger partial charge is 0.478 e. The standard InChI is InChI=1S/C14H18BrNO4S/c1-9-4-3-7-16(10(9)2)21(19,20)13-6-5-11(14(17)18)8-12(13)15/h5-6,8-10H,3-4,7H2,1-2H3,(H,17,18). The van der Waals surface area contributed by atoms with Gasteiger partial charge in [0.25, 0.3) is 0 Å². The molecule has 7 heteroatoms. The van der Waals surface area contributed by atoms with Gasteiger partial charge in [-0.25, -0.2) is 13.2 Å². The van der Waals surface area contributed by atoms with Gasteiger partial charge in [-0.05, 0) is 59.8 Å². The van der Waals surface area contributed by atoms with Crippen molar-refractivity contribution in [2.45, 2.75) is 37.6 Å². The Balaban J connectivity index is 2.42. The summed E-state index contributed by atoms with van der Waals surface area (Å²) in [5, 5.41) is 8.95. The van der Waals surface area contributed by atoms with Crippen LogP contribution >= 0.6 is 15.9 Å². The molecular weight excluding hydrogens is 358 g/mol. The molecule has 0 radical (unpaired) electrons. The maximum atomic E-state index is 12.8. The van der Waals surface area contributed by atoms with Gasteiger partial charge in [-0.2, -0.15) is 4.31 Å². The van der Waals surface area contributed by atoms with E-state index >= 15 is 0 Å². The predicted octanol–water partition coefficient (Wildman–Crippen LogP) is 2.96. The number of hydrogen-bond donors (Lipinski definition) is 1. The van der Waals surface area contributed by atoms with E-state index in [1.807, 2.05) is 6.92 Å². The molecule has 0 spiro atoms. The molecule has 1 saturated heterocycles. The van der Waals surface area contributed by atoms with Crippen LogP contribution in [-0.4, -0.2) is 36.4 Å². The molecule has 0 bridgehead atoms. The van der Waals surface area contributed by atoms with Gasteiger partial charge in [0.15, 0.2) is 0 Å². The Morgan fingerprint density at radius 3 is 2.62 bits per heavy atom. The van der Waals surface area contributed by atoms with Crippen LogP contribution in [0.2, 0.25) is 0 Å². The van der Waals surface area contributed by atoms with Gasteiger partial charge in [0, 0.05) is 17.1 Å². The lowest BCUT2D eigenvalue weighted by Crippen LogP contribution is -2.45. The summed E-state index contributed by atoms with van der Waals surface area (Å²) < 4.78 is 27.4. The molecule has 2 atom stereocenters. The Bertz CT molecular complexity index is 659. The van der Waals surface area contributed by atoms with Crippen LogP contribution < -0.4 is 0 Å². The number of piperidine rings is 1. The normalized spacial score (nSPS) is 24.0. The number of aromatic carboxylic acids is 1. The third-order valence-corrected chi connectivity index (χ3v) is 7.04. The van der Waals surface area contributed by atoms with Gasteiger partial charge in [-0.1, -0.05) is 6.92 Å². The van der Waals surface area contributed by atoms with Crippen molar-refractivity contribution in [3.8, 4) is 0 Å². The fourth-order valence-corrected chi connectivity index (χ4v) is 5.41. The van der Waals surface area contributed by atoms with Crippen molar-refractivity contribution in [3.63, 3.8) is 0 Å². The molecule has 116 valence electrons. The van der Waals surface area contributed by atoms with Gasteiger partial charge in [0.1, 0.15) is 0 Å². The Hall–Kier alpha value is -0.920. The highest BCUT2D eigenvalue weighted by molar-refractivity contribution is 9.10. The van der Waals surface area contributed by atoms with E-state index in [2.05, 4.69) is 22.9 Å². The fraction of sp³-hybridized carbons (Fsp3) is 0.500. The summed E-state index contributed by atoms with van der Waals surface area (Å²) >= 11 is 3.18. The minimum Gasteiger partial charge on any atom is -0.478 e. The van der Waals surface area contributed by atoms with Crippen molar-refractivity contribution in [1.29, 1.82) is 0 Å². The maximum Gasteiger partial charge on any atom is 0.335 e. The number of carbonyl (C=O) groups is 1. The number of nitrogens with zero attached hydrogens (tertiary/aromatic N) is 1. The zero-order chi connectivity index (χ0) is 15.8. The molecule has 0 aromatic heterocycles. The average Bonchev–Trinajstić information content (AvgIpc) is 2.41. The van der Waals surface area contributed by atoms with Crippen molar-refractivity contribution in [3.05, 3.63) is 28.2 Å². The van der Waals surface area contributed by atoms with E-state index in [-0.39, 0.29) is 21.0 Å². The fourth-order valence-electron chi connectivity index (χ4n) is 2.61. The number of carboxylic acids is 1. The Kier molecular flexibility index (Phi) is 4.75. The van der Waals surface area contributed by atoms with Crippen LogP contribution in [0.3, 0.4) is 0 Å². The van der Waals surface area contributed by atoms with Crippen LogP contribution in [-0.2, 0) is 10.0 Å². The molecular formula is C14H18BrNO4S. The van der Waals surface area contributed by atoms with Crippen LogP contribution in [0.4, 0.5) is 0 Å². The molecule has 1 fully saturated rings. The highest BCUT2D eigenvalue weighted by Crippen LogP contribution is 2.32. The van der Waals surface area contributed by atoms with Gasteiger partial charge in [0.2, 0.25) is 10.0 Å². The third kappa shape index (κ3) is 3.14. The highest BCUT2D eigenvalue weighted by Gasteiger charge is 2.35. The highest BCUT2D eigenvalue weighted by atomic mass is 79.9. The van der Waals surface area contributed by atoms with E-state index in [4.69, 9.17) is 5.11 Å². The number of hydrogen-bond acceptors (Lipinski definition) is 3. The topological polar surface area (TPSA) is 74.7 Å². The number of carboxylic acid groups (broad SMARTS) is 1. The molecule has 1 aromatic carbocycles. The number of benzene rings is 1. The molecule has 1 aliphatic rings. The summed E-state index contributed by atoms with van der Waals surface area (Å²) in [5.41, 5.74) is 0.0564. The van der Waals surface area contributed by atoms with E-state index in [1.165, 1.54) is 22.5 Å². The third-order valence-electron chi connectivity index (χ3n) is 4.08. The lowest BCUT2D eigenvalue weighted by molar-refractivity contribution is 0.0696. The molecule has 21 heavy (non-hydrogen) atoms. The van der Waals surface area contributed by atoms with E-state index in [0.717, 1.165) is 12.8 Å². The van der Waals surface area contributed by atoms with Crippen LogP contribution in [0.1, 0.15) is 37.0 Å². The first-order valence-electron chi connectivity index (χ1n) is 6.80. The molecule has 0 aliphatic carbocycles. The first kappa shape index (κ1) is 16.5.